The maximum Gasteiger partial charge on any atom is 0.146 e. The van der Waals surface area contributed by atoms with Crippen molar-refractivity contribution in [2.45, 2.75) is 53.1 Å². The summed E-state index contributed by atoms with van der Waals surface area (Å²) in [5.41, 5.74) is 0. The smallest absolute Gasteiger partial charge is 0.146 e. The van der Waals surface area contributed by atoms with Crippen LogP contribution in [0.3, 0.4) is 0 Å². The molecule has 0 radical (unpaired) electrons. The van der Waals surface area contributed by atoms with Crippen LogP contribution in [0, 0.1) is 0 Å². The molecular weight excluding hydrogens is 280 g/mol. The molecule has 2 rings (SSSR count). The minimum atomic E-state index is 0.514. The highest BCUT2D eigenvalue weighted by molar-refractivity contribution is 7.16. The monoisotopic (exact) mass is 306 g/mol. The lowest BCUT2D eigenvalue weighted by atomic mass is 10.3. The third kappa shape index (κ3) is 4.14. The van der Waals surface area contributed by atoms with Crippen molar-refractivity contribution >= 4 is 27.4 Å². The topological polar surface area (TPSA) is 41.1 Å². The normalized spacial score (nSPS) is 11.7. The van der Waals surface area contributed by atoms with Gasteiger partial charge in [-0.15, -0.1) is 11.3 Å². The number of thiophene rings is 1. The molecule has 0 fully saturated rings. The number of anilines is 1. The first-order chi connectivity index (χ1) is 10.2. The second-order valence-electron chi connectivity index (χ2n) is 5.62. The zero-order valence-corrected chi connectivity index (χ0v) is 14.3. The zero-order valence-electron chi connectivity index (χ0n) is 13.5. The number of nitrogens with one attached hydrogen (secondary N) is 1. The van der Waals surface area contributed by atoms with Gasteiger partial charge in [-0.2, -0.15) is 0 Å². The second-order valence-corrected chi connectivity index (χ2v) is 6.51. The van der Waals surface area contributed by atoms with Crippen LogP contribution in [0.5, 0.6) is 0 Å². The van der Waals surface area contributed by atoms with Crippen LogP contribution in [-0.4, -0.2) is 34.0 Å². The molecule has 2 aromatic heterocycles. The molecule has 21 heavy (non-hydrogen) atoms. The van der Waals surface area contributed by atoms with E-state index in [-0.39, 0.29) is 0 Å². The first kappa shape index (κ1) is 16.2. The lowest BCUT2D eigenvalue weighted by molar-refractivity contribution is 0.208. The maximum atomic E-state index is 4.76. The maximum absolute atomic E-state index is 4.76. The van der Waals surface area contributed by atoms with E-state index in [0.29, 0.717) is 6.04 Å². The molecular formula is C16H26N4S. The first-order valence-electron chi connectivity index (χ1n) is 7.87. The Morgan fingerprint density at radius 3 is 2.71 bits per heavy atom. The summed E-state index contributed by atoms with van der Waals surface area (Å²) in [6.45, 7) is 11.7. The molecule has 2 aromatic rings. The van der Waals surface area contributed by atoms with Crippen LogP contribution in [-0.2, 0) is 6.54 Å². The van der Waals surface area contributed by atoms with Crippen molar-refractivity contribution in [2.75, 3.05) is 18.4 Å². The van der Waals surface area contributed by atoms with E-state index in [4.69, 9.17) is 9.97 Å². The minimum absolute atomic E-state index is 0.514. The quantitative estimate of drug-likeness (QED) is 0.796. The largest absolute Gasteiger partial charge is 0.369 e. The third-order valence-corrected chi connectivity index (χ3v) is 4.31. The minimum Gasteiger partial charge on any atom is -0.369 e. The number of hydrogen-bond donors (Lipinski definition) is 1. The predicted molar refractivity (Wildman–Crippen MR) is 92.0 cm³/mol. The number of aromatic nitrogens is 2. The van der Waals surface area contributed by atoms with Gasteiger partial charge in [0.25, 0.3) is 0 Å². The van der Waals surface area contributed by atoms with Crippen molar-refractivity contribution in [3.05, 3.63) is 17.3 Å². The molecule has 0 spiro atoms. The van der Waals surface area contributed by atoms with Crippen LogP contribution in [0.15, 0.2) is 11.4 Å². The van der Waals surface area contributed by atoms with E-state index in [1.165, 1.54) is 0 Å². The Bertz CT molecular complexity index is 564. The molecule has 0 saturated heterocycles. The zero-order chi connectivity index (χ0) is 15.2. The summed E-state index contributed by atoms with van der Waals surface area (Å²) in [5.74, 6) is 1.91. The van der Waals surface area contributed by atoms with Crippen molar-refractivity contribution in [1.82, 2.24) is 14.9 Å². The number of nitrogens with zero attached hydrogens (tertiary/aromatic N) is 3. The van der Waals surface area contributed by atoms with Crippen LogP contribution in [0.25, 0.3) is 10.2 Å². The van der Waals surface area contributed by atoms with Gasteiger partial charge in [0.1, 0.15) is 16.5 Å². The van der Waals surface area contributed by atoms with Crippen LogP contribution in [0.4, 0.5) is 5.82 Å². The molecule has 5 heteroatoms. The Morgan fingerprint density at radius 2 is 2.05 bits per heavy atom. The van der Waals surface area contributed by atoms with E-state index in [2.05, 4.69) is 49.4 Å². The molecule has 0 saturated carbocycles. The van der Waals surface area contributed by atoms with Gasteiger partial charge in [0.2, 0.25) is 0 Å². The molecule has 0 atom stereocenters. The highest BCUT2D eigenvalue weighted by Gasteiger charge is 2.14. The lowest BCUT2D eigenvalue weighted by Crippen LogP contribution is -2.31. The van der Waals surface area contributed by atoms with E-state index in [1.54, 1.807) is 11.3 Å². The molecule has 4 nitrogen and oxygen atoms in total. The lowest BCUT2D eigenvalue weighted by Gasteiger charge is -2.25. The summed E-state index contributed by atoms with van der Waals surface area (Å²) in [6.07, 6.45) is 2.25. The molecule has 116 valence electrons. The van der Waals surface area contributed by atoms with Crippen molar-refractivity contribution in [3.8, 4) is 0 Å². The van der Waals surface area contributed by atoms with Crippen LogP contribution >= 0.6 is 11.3 Å². The third-order valence-electron chi connectivity index (χ3n) is 3.50. The van der Waals surface area contributed by atoms with Crippen LogP contribution < -0.4 is 5.32 Å². The van der Waals surface area contributed by atoms with Gasteiger partial charge in [0.15, 0.2) is 0 Å². The van der Waals surface area contributed by atoms with E-state index in [0.717, 1.165) is 54.3 Å². The second kappa shape index (κ2) is 7.71. The summed E-state index contributed by atoms with van der Waals surface area (Å²) in [5, 5.41) is 6.67. The Labute approximate surface area is 131 Å². The molecule has 0 aromatic carbocycles. The summed E-state index contributed by atoms with van der Waals surface area (Å²) in [7, 11) is 0. The molecule has 0 amide bonds. The number of fused-ring (bicyclic) bond motifs is 1. The number of hydrogen-bond acceptors (Lipinski definition) is 5. The van der Waals surface area contributed by atoms with Gasteiger partial charge in [-0.05, 0) is 44.7 Å². The highest BCUT2D eigenvalue weighted by atomic mass is 32.1. The fraction of sp³-hybridized carbons (Fsp3) is 0.625. The Balaban J connectivity index is 2.26. The Morgan fingerprint density at radius 1 is 1.24 bits per heavy atom. The summed E-state index contributed by atoms with van der Waals surface area (Å²) in [6, 6.07) is 2.62. The van der Waals surface area contributed by atoms with Gasteiger partial charge in [-0.3, -0.25) is 4.90 Å². The van der Waals surface area contributed by atoms with Gasteiger partial charge in [0, 0.05) is 12.6 Å². The highest BCUT2D eigenvalue weighted by Crippen LogP contribution is 2.25. The SMILES string of the molecule is CCCNc1nc(CN(CCC)C(C)C)nc2sccc12. The molecule has 0 aliphatic rings. The standard InChI is InChI=1S/C16H26N4S/c1-5-8-17-15-13-7-10-21-16(13)19-14(18-15)11-20(9-6-2)12(3)4/h7,10,12H,5-6,8-9,11H2,1-4H3,(H,17,18,19). The number of rotatable bonds is 8. The fourth-order valence-electron chi connectivity index (χ4n) is 2.34. The molecule has 1 N–H and O–H groups in total. The van der Waals surface area contributed by atoms with Gasteiger partial charge < -0.3 is 5.32 Å². The van der Waals surface area contributed by atoms with Gasteiger partial charge >= 0.3 is 0 Å². The van der Waals surface area contributed by atoms with Crippen molar-refractivity contribution < 1.29 is 0 Å². The molecule has 0 aliphatic heterocycles. The van der Waals surface area contributed by atoms with Crippen LogP contribution in [0.2, 0.25) is 0 Å². The molecule has 2 heterocycles. The van der Waals surface area contributed by atoms with Crippen molar-refractivity contribution in [1.29, 1.82) is 0 Å². The first-order valence-corrected chi connectivity index (χ1v) is 8.75. The van der Waals surface area contributed by atoms with E-state index in [1.807, 2.05) is 0 Å². The Kier molecular flexibility index (Phi) is 5.94. The molecule has 0 unspecified atom stereocenters. The van der Waals surface area contributed by atoms with Crippen molar-refractivity contribution in [2.24, 2.45) is 0 Å². The summed E-state index contributed by atoms with van der Waals surface area (Å²) >= 11 is 1.69. The molecule has 0 aliphatic carbocycles. The van der Waals surface area contributed by atoms with E-state index < -0.39 is 0 Å². The van der Waals surface area contributed by atoms with E-state index >= 15 is 0 Å². The predicted octanol–water partition coefficient (Wildman–Crippen LogP) is 4.13. The van der Waals surface area contributed by atoms with E-state index in [9.17, 15) is 0 Å². The Hall–Kier alpha value is -1.20. The van der Waals surface area contributed by atoms with Gasteiger partial charge in [0.05, 0.1) is 11.9 Å². The fourth-order valence-corrected chi connectivity index (χ4v) is 3.12. The average Bonchev–Trinajstić information content (AvgIpc) is 2.92. The van der Waals surface area contributed by atoms with Crippen molar-refractivity contribution in [3.63, 3.8) is 0 Å². The summed E-state index contributed by atoms with van der Waals surface area (Å²) < 4.78 is 0. The van der Waals surface area contributed by atoms with Gasteiger partial charge in [-0.1, -0.05) is 13.8 Å². The molecule has 0 bridgehead atoms. The van der Waals surface area contributed by atoms with Gasteiger partial charge in [-0.25, -0.2) is 9.97 Å². The summed E-state index contributed by atoms with van der Waals surface area (Å²) in [4.78, 5) is 13.0. The van der Waals surface area contributed by atoms with Crippen LogP contribution in [0.1, 0.15) is 46.4 Å². The average molecular weight is 306 g/mol.